The fraction of sp³-hybridized carbons (Fsp3) is 0.926. The van der Waals surface area contributed by atoms with Gasteiger partial charge in [0.25, 0.3) is 0 Å². The van der Waals surface area contributed by atoms with Gasteiger partial charge < -0.3 is 5.11 Å². The summed E-state index contributed by atoms with van der Waals surface area (Å²) in [6.45, 7) is 4.24. The zero-order valence-electron chi connectivity index (χ0n) is 20.7. The van der Waals surface area contributed by atoms with Crippen molar-refractivity contribution in [2.75, 3.05) is 0 Å². The van der Waals surface area contributed by atoms with E-state index in [1.165, 1.54) is 96.3 Å². The van der Waals surface area contributed by atoms with E-state index in [0.29, 0.717) is 12.8 Å². The maximum Gasteiger partial charge on any atom is 0.310 e. The van der Waals surface area contributed by atoms with E-state index in [1.54, 1.807) is 0 Å². The number of halogens is 1. The molecule has 0 saturated carbocycles. The lowest BCUT2D eigenvalue weighted by molar-refractivity contribution is -0.152. The average molecular weight is 459 g/mol. The molecule has 1 atom stereocenters. The molecular formula is C27H51ClO3. The number of unbranched alkanes of at least 4 members (excludes halogenated alkanes) is 17. The second-order valence-corrected chi connectivity index (χ2v) is 10.0. The van der Waals surface area contributed by atoms with Crippen LogP contribution in [0, 0.1) is 5.41 Å². The third kappa shape index (κ3) is 17.6. The van der Waals surface area contributed by atoms with Gasteiger partial charge in [0, 0.05) is 6.42 Å². The van der Waals surface area contributed by atoms with Crippen molar-refractivity contribution in [3.05, 3.63) is 0 Å². The average Bonchev–Trinajstić information content (AvgIpc) is 2.72. The summed E-state index contributed by atoms with van der Waals surface area (Å²) in [5, 5.41) is 9.11. The molecule has 184 valence electrons. The van der Waals surface area contributed by atoms with Crippen molar-refractivity contribution in [3.63, 3.8) is 0 Å². The highest BCUT2D eigenvalue weighted by atomic mass is 35.5. The SMILES string of the molecule is CCCCCCCCCCCCCCCCCCCCC(CCC)(CC(=O)Cl)C(=O)O. The number of aliphatic carboxylic acids is 1. The number of hydrogen-bond donors (Lipinski definition) is 1. The molecule has 0 bridgehead atoms. The molecule has 31 heavy (non-hydrogen) atoms. The first-order valence-corrected chi connectivity index (χ1v) is 13.8. The Hall–Kier alpha value is -0.570. The van der Waals surface area contributed by atoms with Crippen molar-refractivity contribution in [2.45, 2.75) is 155 Å². The first-order chi connectivity index (χ1) is 15.0. The number of carbonyl (C=O) groups excluding carboxylic acids is 1. The molecule has 0 amide bonds. The summed E-state index contributed by atoms with van der Waals surface area (Å²) in [5.41, 5.74) is -0.956. The molecule has 0 heterocycles. The summed E-state index contributed by atoms with van der Waals surface area (Å²) in [6, 6.07) is 0. The van der Waals surface area contributed by atoms with E-state index in [-0.39, 0.29) is 6.42 Å². The molecule has 0 aliphatic rings. The minimum atomic E-state index is -0.956. The Morgan fingerprint density at radius 3 is 1.23 bits per heavy atom. The predicted octanol–water partition coefficient (Wildman–Crippen LogP) is 9.44. The molecule has 0 aliphatic heterocycles. The smallest absolute Gasteiger partial charge is 0.310 e. The Morgan fingerprint density at radius 2 is 0.935 bits per heavy atom. The fourth-order valence-electron chi connectivity index (χ4n) is 4.70. The number of rotatable bonds is 24. The van der Waals surface area contributed by atoms with E-state index in [2.05, 4.69) is 6.92 Å². The molecule has 0 aromatic rings. The maximum absolute atomic E-state index is 11.7. The molecule has 0 aliphatic carbocycles. The molecule has 4 heteroatoms. The van der Waals surface area contributed by atoms with Crippen LogP contribution in [-0.4, -0.2) is 16.3 Å². The van der Waals surface area contributed by atoms with E-state index in [4.69, 9.17) is 11.6 Å². The molecule has 0 rings (SSSR count). The van der Waals surface area contributed by atoms with Gasteiger partial charge in [0.15, 0.2) is 0 Å². The molecule has 0 aromatic carbocycles. The Balaban J connectivity index is 3.54. The highest BCUT2D eigenvalue weighted by Crippen LogP contribution is 2.36. The summed E-state index contributed by atoms with van der Waals surface area (Å²) < 4.78 is 0. The van der Waals surface area contributed by atoms with Crippen molar-refractivity contribution < 1.29 is 14.7 Å². The third-order valence-corrected chi connectivity index (χ3v) is 6.80. The van der Waals surface area contributed by atoms with Crippen molar-refractivity contribution >= 4 is 22.8 Å². The van der Waals surface area contributed by atoms with Gasteiger partial charge in [0.2, 0.25) is 5.24 Å². The van der Waals surface area contributed by atoms with Crippen molar-refractivity contribution in [1.29, 1.82) is 0 Å². The second kappa shape index (κ2) is 21.3. The van der Waals surface area contributed by atoms with E-state index < -0.39 is 16.6 Å². The summed E-state index contributed by atoms with van der Waals surface area (Å²) >= 11 is 5.53. The van der Waals surface area contributed by atoms with E-state index in [9.17, 15) is 14.7 Å². The zero-order valence-corrected chi connectivity index (χ0v) is 21.5. The normalized spacial score (nSPS) is 13.3. The van der Waals surface area contributed by atoms with Crippen LogP contribution in [0.3, 0.4) is 0 Å². The molecule has 0 spiro atoms. The minimum absolute atomic E-state index is 0.0450. The zero-order chi connectivity index (χ0) is 23.2. The molecule has 0 radical (unpaired) electrons. The Kier molecular flexibility index (Phi) is 20.9. The van der Waals surface area contributed by atoms with Gasteiger partial charge in [-0.3, -0.25) is 9.59 Å². The molecule has 1 unspecified atom stereocenters. The van der Waals surface area contributed by atoms with Gasteiger partial charge in [-0.25, -0.2) is 0 Å². The van der Waals surface area contributed by atoms with Gasteiger partial charge in [-0.05, 0) is 24.4 Å². The van der Waals surface area contributed by atoms with Gasteiger partial charge in [0.1, 0.15) is 0 Å². The van der Waals surface area contributed by atoms with Gasteiger partial charge >= 0.3 is 5.97 Å². The monoisotopic (exact) mass is 458 g/mol. The minimum Gasteiger partial charge on any atom is -0.481 e. The molecule has 0 fully saturated rings. The van der Waals surface area contributed by atoms with E-state index >= 15 is 0 Å². The van der Waals surface area contributed by atoms with Crippen LogP contribution < -0.4 is 0 Å². The molecule has 0 saturated heterocycles. The summed E-state index contributed by atoms with van der Waals surface area (Å²) in [7, 11) is 0. The first-order valence-electron chi connectivity index (χ1n) is 13.4. The summed E-state index contributed by atoms with van der Waals surface area (Å²) in [5.74, 6) is -0.865. The highest BCUT2D eigenvalue weighted by molar-refractivity contribution is 6.63. The topological polar surface area (TPSA) is 54.4 Å². The van der Waals surface area contributed by atoms with Crippen LogP contribution >= 0.6 is 11.6 Å². The summed E-state index contributed by atoms with van der Waals surface area (Å²) in [4.78, 5) is 23.1. The standard InChI is InChI=1S/C27H51ClO3/c1-3-5-6-7-8-9-10-11-12-13-14-15-16-17-18-19-20-21-23-27(22-4-2,26(30)31)24-25(28)29/h3-24H2,1-2H3,(H,30,31). The molecule has 3 nitrogen and oxygen atoms in total. The van der Waals surface area contributed by atoms with Gasteiger partial charge in [0.05, 0.1) is 5.41 Å². The predicted molar refractivity (Wildman–Crippen MR) is 134 cm³/mol. The van der Waals surface area contributed by atoms with E-state index in [0.717, 1.165) is 25.7 Å². The van der Waals surface area contributed by atoms with Crippen molar-refractivity contribution in [3.8, 4) is 0 Å². The Bertz CT molecular complexity index is 438. The quantitative estimate of drug-likeness (QED) is 0.116. The van der Waals surface area contributed by atoms with E-state index in [1.807, 2.05) is 6.92 Å². The molecule has 0 aromatic heterocycles. The van der Waals surface area contributed by atoms with Crippen LogP contribution in [0.15, 0.2) is 0 Å². The van der Waals surface area contributed by atoms with Crippen molar-refractivity contribution in [1.82, 2.24) is 0 Å². The van der Waals surface area contributed by atoms with Crippen LogP contribution in [-0.2, 0) is 9.59 Å². The lowest BCUT2D eigenvalue weighted by Crippen LogP contribution is -2.32. The van der Waals surface area contributed by atoms with Gasteiger partial charge in [-0.1, -0.05) is 136 Å². The van der Waals surface area contributed by atoms with Gasteiger partial charge in [-0.15, -0.1) is 0 Å². The second-order valence-electron chi connectivity index (χ2n) is 9.63. The number of carboxylic acids is 1. The lowest BCUT2D eigenvalue weighted by Gasteiger charge is -2.27. The molecule has 1 N–H and O–H groups in total. The van der Waals surface area contributed by atoms with Crippen molar-refractivity contribution in [2.24, 2.45) is 5.41 Å². The first kappa shape index (κ1) is 30.4. The Labute approximate surface area is 198 Å². The number of carbonyl (C=O) groups is 2. The van der Waals surface area contributed by atoms with Crippen LogP contribution in [0.5, 0.6) is 0 Å². The third-order valence-electron chi connectivity index (χ3n) is 6.67. The van der Waals surface area contributed by atoms with Crippen LogP contribution in [0.1, 0.15) is 155 Å². The summed E-state index contributed by atoms with van der Waals surface area (Å²) in [6.07, 6.45) is 25.6. The fourth-order valence-corrected chi connectivity index (χ4v) is 4.96. The Morgan fingerprint density at radius 1 is 0.581 bits per heavy atom. The highest BCUT2D eigenvalue weighted by Gasteiger charge is 2.38. The van der Waals surface area contributed by atoms with Crippen LogP contribution in [0.4, 0.5) is 0 Å². The van der Waals surface area contributed by atoms with Gasteiger partial charge in [-0.2, -0.15) is 0 Å². The number of hydrogen-bond acceptors (Lipinski definition) is 2. The lowest BCUT2D eigenvalue weighted by atomic mass is 9.76. The van der Waals surface area contributed by atoms with Crippen LogP contribution in [0.2, 0.25) is 0 Å². The number of carboxylic acid groups (broad SMARTS) is 1. The maximum atomic E-state index is 11.7. The molecular weight excluding hydrogens is 408 g/mol. The van der Waals surface area contributed by atoms with Crippen LogP contribution in [0.25, 0.3) is 0 Å². The largest absolute Gasteiger partial charge is 0.481 e.